The molecule has 0 spiro atoms. The van der Waals surface area contributed by atoms with Gasteiger partial charge in [-0.2, -0.15) is 0 Å². The van der Waals surface area contributed by atoms with Crippen molar-refractivity contribution in [3.63, 3.8) is 0 Å². The van der Waals surface area contributed by atoms with E-state index in [0.717, 1.165) is 10.0 Å². The molecule has 0 radical (unpaired) electrons. The van der Waals surface area contributed by atoms with Gasteiger partial charge in [0, 0.05) is 42.6 Å². The summed E-state index contributed by atoms with van der Waals surface area (Å²) in [5.41, 5.74) is 1.33. The van der Waals surface area contributed by atoms with E-state index in [1.807, 2.05) is 24.3 Å². The maximum Gasteiger partial charge on any atom is 0.586 e. The number of rotatable bonds is 4. The Kier molecular flexibility index (Phi) is 5.64. The third-order valence-electron chi connectivity index (χ3n) is 5.11. The second-order valence-electron chi connectivity index (χ2n) is 7.13. The van der Waals surface area contributed by atoms with Gasteiger partial charge in [0.2, 0.25) is 5.91 Å². The Morgan fingerprint density at radius 2 is 1.57 bits per heavy atom. The fourth-order valence-corrected chi connectivity index (χ4v) is 3.75. The van der Waals surface area contributed by atoms with Crippen molar-refractivity contribution in [1.82, 2.24) is 9.80 Å². The smallest absolute Gasteiger partial charge is 0.395 e. The standard InChI is InChI=1S/C21H19BrF2N2O4/c22-16-5-1-14(2-6-16)3-8-19(27)25-9-11-26(12-10-25)20(28)15-4-7-17-18(13-15)30-21(23,24)29-17/h1-2,4-7,13H,3,8-12H2. The number of alkyl halides is 2. The number of hydrogen-bond donors (Lipinski definition) is 0. The molecular weight excluding hydrogens is 462 g/mol. The minimum absolute atomic E-state index is 0.0512. The SMILES string of the molecule is O=C(CCc1ccc(Br)cc1)N1CCN(C(=O)c2ccc3c(c2)OC(F)(F)O3)CC1. The normalized spacial score (nSPS) is 17.2. The summed E-state index contributed by atoms with van der Waals surface area (Å²) in [7, 11) is 0. The molecule has 2 amide bonds. The minimum atomic E-state index is -3.72. The molecule has 2 aliphatic rings. The molecule has 2 aromatic rings. The Balaban J connectivity index is 1.29. The summed E-state index contributed by atoms with van der Waals surface area (Å²) in [6.07, 6.45) is -2.65. The first-order valence-electron chi connectivity index (χ1n) is 9.52. The fourth-order valence-electron chi connectivity index (χ4n) is 3.48. The van der Waals surface area contributed by atoms with Crippen LogP contribution in [-0.4, -0.2) is 54.1 Å². The van der Waals surface area contributed by atoms with E-state index < -0.39 is 6.29 Å². The van der Waals surface area contributed by atoms with Gasteiger partial charge >= 0.3 is 6.29 Å². The van der Waals surface area contributed by atoms with Crippen molar-refractivity contribution >= 4 is 27.7 Å². The number of nitrogens with zero attached hydrogens (tertiary/aromatic N) is 2. The topological polar surface area (TPSA) is 59.1 Å². The number of benzene rings is 2. The van der Waals surface area contributed by atoms with Gasteiger partial charge < -0.3 is 19.3 Å². The van der Waals surface area contributed by atoms with E-state index in [-0.39, 0.29) is 28.9 Å². The lowest BCUT2D eigenvalue weighted by molar-refractivity contribution is -0.286. The predicted octanol–water partition coefficient (Wildman–Crippen LogP) is 3.69. The molecule has 0 saturated carbocycles. The summed E-state index contributed by atoms with van der Waals surface area (Å²) in [5, 5.41) is 0. The van der Waals surface area contributed by atoms with Crippen LogP contribution in [0.2, 0.25) is 0 Å². The molecule has 0 aromatic heterocycles. The molecular formula is C21H19BrF2N2O4. The average Bonchev–Trinajstić information content (AvgIpc) is 3.05. The average molecular weight is 481 g/mol. The predicted molar refractivity (Wildman–Crippen MR) is 108 cm³/mol. The Labute approximate surface area is 180 Å². The van der Waals surface area contributed by atoms with Crippen LogP contribution < -0.4 is 9.47 Å². The highest BCUT2D eigenvalue weighted by Gasteiger charge is 2.43. The molecule has 2 aromatic carbocycles. The largest absolute Gasteiger partial charge is 0.586 e. The molecule has 0 N–H and O–H groups in total. The minimum Gasteiger partial charge on any atom is -0.395 e. The second kappa shape index (κ2) is 8.22. The number of aryl methyl sites for hydroxylation is 1. The Bertz CT molecular complexity index is 960. The lowest BCUT2D eigenvalue weighted by atomic mass is 10.1. The van der Waals surface area contributed by atoms with Gasteiger partial charge in [0.15, 0.2) is 11.5 Å². The third-order valence-corrected chi connectivity index (χ3v) is 5.64. The van der Waals surface area contributed by atoms with Gasteiger partial charge in [-0.05, 0) is 42.3 Å². The summed E-state index contributed by atoms with van der Waals surface area (Å²) in [6.45, 7) is 1.64. The maximum atomic E-state index is 13.2. The first-order valence-corrected chi connectivity index (χ1v) is 10.3. The van der Waals surface area contributed by atoms with E-state index in [9.17, 15) is 18.4 Å². The molecule has 30 heavy (non-hydrogen) atoms. The van der Waals surface area contributed by atoms with Gasteiger partial charge in [-0.25, -0.2) is 0 Å². The maximum absolute atomic E-state index is 13.2. The summed E-state index contributed by atoms with van der Waals surface area (Å²) in [6, 6.07) is 11.8. The molecule has 1 fully saturated rings. The van der Waals surface area contributed by atoms with Gasteiger partial charge in [-0.1, -0.05) is 28.1 Å². The van der Waals surface area contributed by atoms with Crippen LogP contribution in [-0.2, 0) is 11.2 Å². The Morgan fingerprint density at radius 3 is 2.27 bits per heavy atom. The van der Waals surface area contributed by atoms with Gasteiger partial charge in [0.1, 0.15) is 0 Å². The molecule has 9 heteroatoms. The Morgan fingerprint density at radius 1 is 0.933 bits per heavy atom. The van der Waals surface area contributed by atoms with E-state index in [1.165, 1.54) is 18.2 Å². The van der Waals surface area contributed by atoms with Gasteiger partial charge in [-0.15, -0.1) is 8.78 Å². The van der Waals surface area contributed by atoms with E-state index in [1.54, 1.807) is 9.80 Å². The van der Waals surface area contributed by atoms with Crippen LogP contribution in [0.15, 0.2) is 46.9 Å². The van der Waals surface area contributed by atoms with Crippen LogP contribution in [0.4, 0.5) is 8.78 Å². The number of fused-ring (bicyclic) bond motifs is 1. The summed E-state index contributed by atoms with van der Waals surface area (Å²) in [5.74, 6) is -0.501. The summed E-state index contributed by atoms with van der Waals surface area (Å²) >= 11 is 3.39. The molecule has 0 atom stereocenters. The molecule has 0 unspecified atom stereocenters. The van der Waals surface area contributed by atoms with Crippen molar-refractivity contribution in [3.8, 4) is 11.5 Å². The van der Waals surface area contributed by atoms with Gasteiger partial charge in [-0.3, -0.25) is 9.59 Å². The van der Waals surface area contributed by atoms with Crippen LogP contribution in [0.5, 0.6) is 11.5 Å². The van der Waals surface area contributed by atoms with E-state index in [0.29, 0.717) is 39.0 Å². The summed E-state index contributed by atoms with van der Waals surface area (Å²) in [4.78, 5) is 28.6. The van der Waals surface area contributed by atoms with Crippen molar-refractivity contribution in [2.75, 3.05) is 26.2 Å². The van der Waals surface area contributed by atoms with Crippen molar-refractivity contribution in [1.29, 1.82) is 0 Å². The highest BCUT2D eigenvalue weighted by atomic mass is 79.9. The van der Waals surface area contributed by atoms with Crippen LogP contribution in [0.3, 0.4) is 0 Å². The van der Waals surface area contributed by atoms with E-state index in [4.69, 9.17) is 0 Å². The van der Waals surface area contributed by atoms with E-state index >= 15 is 0 Å². The zero-order valence-corrected chi connectivity index (χ0v) is 17.5. The lowest BCUT2D eigenvalue weighted by Crippen LogP contribution is -2.50. The molecule has 0 bridgehead atoms. The monoisotopic (exact) mass is 480 g/mol. The molecule has 2 aliphatic heterocycles. The zero-order valence-electron chi connectivity index (χ0n) is 15.9. The molecule has 6 nitrogen and oxygen atoms in total. The van der Waals surface area contributed by atoms with Crippen molar-refractivity contribution in [2.24, 2.45) is 0 Å². The first-order chi connectivity index (χ1) is 14.3. The van der Waals surface area contributed by atoms with Gasteiger partial charge in [0.25, 0.3) is 5.91 Å². The number of piperazine rings is 1. The number of carbonyl (C=O) groups is 2. The first kappa shape index (κ1) is 20.6. The highest BCUT2D eigenvalue weighted by Crippen LogP contribution is 2.41. The number of amides is 2. The molecule has 2 heterocycles. The van der Waals surface area contributed by atoms with Crippen molar-refractivity contribution in [2.45, 2.75) is 19.1 Å². The van der Waals surface area contributed by atoms with Crippen LogP contribution in [0.1, 0.15) is 22.3 Å². The number of carbonyl (C=O) groups excluding carboxylic acids is 2. The molecule has 158 valence electrons. The zero-order chi connectivity index (χ0) is 21.3. The van der Waals surface area contributed by atoms with Crippen molar-refractivity contribution in [3.05, 3.63) is 58.1 Å². The third kappa shape index (κ3) is 4.56. The Hall–Kier alpha value is -2.68. The van der Waals surface area contributed by atoms with Crippen LogP contribution in [0, 0.1) is 0 Å². The molecule has 4 rings (SSSR count). The lowest BCUT2D eigenvalue weighted by Gasteiger charge is -2.35. The second-order valence-corrected chi connectivity index (χ2v) is 8.04. The molecule has 0 aliphatic carbocycles. The van der Waals surface area contributed by atoms with Crippen LogP contribution in [0.25, 0.3) is 0 Å². The quantitative estimate of drug-likeness (QED) is 0.669. The van der Waals surface area contributed by atoms with E-state index in [2.05, 4.69) is 25.4 Å². The number of hydrogen-bond acceptors (Lipinski definition) is 4. The van der Waals surface area contributed by atoms with Gasteiger partial charge in [0.05, 0.1) is 0 Å². The molecule has 1 saturated heterocycles. The number of ether oxygens (including phenoxy) is 2. The number of halogens is 3. The highest BCUT2D eigenvalue weighted by molar-refractivity contribution is 9.10. The summed E-state index contributed by atoms with van der Waals surface area (Å²) < 4.78 is 36.1. The van der Waals surface area contributed by atoms with Crippen molar-refractivity contribution < 1.29 is 27.8 Å². The van der Waals surface area contributed by atoms with Crippen LogP contribution >= 0.6 is 15.9 Å². The fraction of sp³-hybridized carbons (Fsp3) is 0.333.